The van der Waals surface area contributed by atoms with E-state index in [9.17, 15) is 19.8 Å². The van der Waals surface area contributed by atoms with Crippen molar-refractivity contribution in [2.75, 3.05) is 11.5 Å². The number of hydrogen-bond acceptors (Lipinski definition) is 5. The van der Waals surface area contributed by atoms with Crippen molar-refractivity contribution in [3.63, 3.8) is 0 Å². The van der Waals surface area contributed by atoms with Gasteiger partial charge in [0.25, 0.3) is 0 Å². The van der Waals surface area contributed by atoms with Gasteiger partial charge in [0.1, 0.15) is 0 Å². The van der Waals surface area contributed by atoms with Crippen molar-refractivity contribution in [1.82, 2.24) is 0 Å². The molecule has 0 fully saturated rings. The largest absolute Gasteiger partial charge is 2.00 e. The molecule has 4 nitrogen and oxygen atoms in total. The summed E-state index contributed by atoms with van der Waals surface area (Å²) in [5.74, 6) is -0.248. The fourth-order valence-corrected chi connectivity index (χ4v) is 1.24. The summed E-state index contributed by atoms with van der Waals surface area (Å²) < 4.78 is 0. The normalized spacial score (nSPS) is 8.80. The van der Waals surface area contributed by atoms with E-state index in [4.69, 9.17) is 0 Å². The molecule has 0 bridgehead atoms. The Hall–Kier alpha value is 0.0887. The van der Waals surface area contributed by atoms with Crippen molar-refractivity contribution < 1.29 is 19.8 Å². The number of aliphatic carboxylic acids is 2. The summed E-state index contributed by atoms with van der Waals surface area (Å²) in [5, 5.41) is 19.7. The summed E-state index contributed by atoms with van der Waals surface area (Å²) >= 11 is 1.27. The third-order valence-corrected chi connectivity index (χ3v) is 1.89. The zero-order chi connectivity index (χ0) is 15.8. The minimum atomic E-state index is -1.11. The number of thioether (sulfide) groups is 1. The molecule has 0 N–H and O–H groups in total. The minimum Gasteiger partial charge on any atom is -0.550 e. The number of carbonyl (C=O) groups excluding carboxylic acids is 2. The van der Waals surface area contributed by atoms with E-state index in [1.807, 2.05) is 0 Å². The van der Waals surface area contributed by atoms with E-state index in [0.717, 1.165) is 0 Å². The van der Waals surface area contributed by atoms with Gasteiger partial charge in [-0.25, -0.2) is 0 Å². The molecule has 0 unspecified atom stereocenters. The molecule has 0 saturated carbocycles. The monoisotopic (exact) mass is 410 g/mol. The van der Waals surface area contributed by atoms with Crippen LogP contribution in [0.2, 0.25) is 0 Å². The van der Waals surface area contributed by atoms with E-state index < -0.39 is 11.9 Å². The fraction of sp³-hybridized carbons (Fsp3) is 0.714. The molecule has 0 aliphatic carbocycles. The van der Waals surface area contributed by atoms with Crippen molar-refractivity contribution in [3.8, 4) is 0 Å². The fourth-order valence-electron chi connectivity index (χ4n) is 0.413. The summed E-state index contributed by atoms with van der Waals surface area (Å²) in [5.41, 5.74) is 0. The summed E-state index contributed by atoms with van der Waals surface area (Å²) in [7, 11) is 0. The molecule has 0 heterocycles. The zero-order valence-corrected chi connectivity index (χ0v) is 16.6. The third-order valence-electron chi connectivity index (χ3n) is 0.901. The van der Waals surface area contributed by atoms with Gasteiger partial charge in [0.05, 0.1) is 0 Å². The molecule has 6 heteroatoms. The van der Waals surface area contributed by atoms with Crippen LogP contribution in [-0.4, -0.2) is 47.4 Å². The molecule has 0 rings (SSSR count). The number of carbonyl (C=O) groups is 2. The Morgan fingerprint density at radius 1 is 0.900 bits per heavy atom. The van der Waals surface area contributed by atoms with Crippen LogP contribution in [0.4, 0.5) is 0 Å². The van der Waals surface area contributed by atoms with Crippen LogP contribution in [0.15, 0.2) is 0 Å². The molecule has 0 aliphatic rings. The van der Waals surface area contributed by atoms with Gasteiger partial charge < -0.3 is 19.8 Å². The number of carboxylic acids is 2. The molecule has 0 saturated heterocycles. The Balaban J connectivity index is -0.000000119. The number of rotatable bonds is 6. The van der Waals surface area contributed by atoms with Gasteiger partial charge in [-0.15, -0.1) is 0 Å². The molecule has 116 valence electrons. The predicted molar refractivity (Wildman–Crippen MR) is 82.7 cm³/mol. The molecule has 0 aromatic carbocycles. The molecule has 0 aliphatic heterocycles. The van der Waals surface area contributed by atoms with Crippen molar-refractivity contribution >= 4 is 47.6 Å². The van der Waals surface area contributed by atoms with Gasteiger partial charge in [0, 0.05) is 11.9 Å². The summed E-state index contributed by atoms with van der Waals surface area (Å²) in [6, 6.07) is 0. The average molecular weight is 409 g/mol. The van der Waals surface area contributed by atoms with Crippen LogP contribution >= 0.6 is 11.8 Å². The first-order chi connectivity index (χ1) is 8.59. The summed E-state index contributed by atoms with van der Waals surface area (Å²) in [4.78, 5) is 19.7. The SMILES string of the molecule is O=C([O-])CCSCCC(=O)[O-].[CH2]C(C)C.[CH2]C(C)C.[Sn+2]. The van der Waals surface area contributed by atoms with Crippen LogP contribution in [0.5, 0.6) is 0 Å². The first-order valence-corrected chi connectivity index (χ1v) is 7.38. The van der Waals surface area contributed by atoms with Crippen LogP contribution in [0.1, 0.15) is 40.5 Å². The van der Waals surface area contributed by atoms with E-state index in [-0.39, 0.29) is 36.7 Å². The van der Waals surface area contributed by atoms with E-state index in [2.05, 4.69) is 41.5 Å². The average Bonchev–Trinajstić information content (AvgIpc) is 2.14. The van der Waals surface area contributed by atoms with Crippen molar-refractivity contribution in [2.45, 2.75) is 40.5 Å². The predicted octanol–water partition coefficient (Wildman–Crippen LogP) is 0.572. The van der Waals surface area contributed by atoms with Crippen LogP contribution in [0.25, 0.3) is 0 Å². The maximum atomic E-state index is 9.84. The van der Waals surface area contributed by atoms with Gasteiger partial charge in [0.2, 0.25) is 0 Å². The Bertz CT molecular complexity index is 194. The smallest absolute Gasteiger partial charge is 0.550 e. The van der Waals surface area contributed by atoms with Gasteiger partial charge >= 0.3 is 23.9 Å². The van der Waals surface area contributed by atoms with Gasteiger partial charge in [-0.3, -0.25) is 0 Å². The third kappa shape index (κ3) is 80.7. The van der Waals surface area contributed by atoms with Crippen LogP contribution in [0, 0.1) is 25.7 Å². The van der Waals surface area contributed by atoms with Crippen LogP contribution < -0.4 is 10.2 Å². The van der Waals surface area contributed by atoms with E-state index in [1.54, 1.807) is 0 Å². The molecule has 0 spiro atoms. The van der Waals surface area contributed by atoms with Gasteiger partial charge in [0.15, 0.2) is 0 Å². The standard InChI is InChI=1S/C6H10O4S.2C4H9.Sn/c7-5(8)1-3-11-4-2-6(9)10;2*1-4(2)3;/h1-4H2,(H,7,8)(H,9,10);2*4H,1H2,2-3H3;/q;;;+2/p-2. The Kier molecular flexibility index (Phi) is 30.2. The molecular formula is C14H26O4SSn. The molecule has 0 atom stereocenters. The molecule has 0 aromatic rings. The topological polar surface area (TPSA) is 80.3 Å². The zero-order valence-electron chi connectivity index (χ0n) is 12.9. The Morgan fingerprint density at radius 3 is 1.25 bits per heavy atom. The molecule has 0 amide bonds. The number of hydrogen-bond donors (Lipinski definition) is 0. The van der Waals surface area contributed by atoms with Crippen molar-refractivity contribution in [2.24, 2.45) is 11.8 Å². The quantitative estimate of drug-likeness (QED) is 0.474. The summed E-state index contributed by atoms with van der Waals surface area (Å²) in [6.07, 6.45) is -0.0601. The minimum absolute atomic E-state index is 0. The first kappa shape index (κ1) is 28.3. The van der Waals surface area contributed by atoms with E-state index in [0.29, 0.717) is 23.3 Å². The van der Waals surface area contributed by atoms with E-state index in [1.165, 1.54) is 11.8 Å². The van der Waals surface area contributed by atoms with Crippen molar-refractivity contribution in [1.29, 1.82) is 0 Å². The van der Waals surface area contributed by atoms with Crippen LogP contribution in [0.3, 0.4) is 0 Å². The Labute approximate surface area is 145 Å². The van der Waals surface area contributed by atoms with Gasteiger partial charge in [-0.1, -0.05) is 41.5 Å². The Morgan fingerprint density at radius 2 is 1.10 bits per heavy atom. The molecular weight excluding hydrogens is 383 g/mol. The summed E-state index contributed by atoms with van der Waals surface area (Å²) in [6.45, 7) is 15.5. The van der Waals surface area contributed by atoms with E-state index >= 15 is 0 Å². The van der Waals surface area contributed by atoms with Crippen LogP contribution in [-0.2, 0) is 9.59 Å². The maximum Gasteiger partial charge on any atom is 2.00 e. The van der Waals surface area contributed by atoms with Crippen molar-refractivity contribution in [3.05, 3.63) is 13.8 Å². The first-order valence-electron chi connectivity index (χ1n) is 6.23. The second kappa shape index (κ2) is 21.4. The second-order valence-electron chi connectivity index (χ2n) is 4.64. The van der Waals surface area contributed by atoms with Gasteiger partial charge in [-0.2, -0.15) is 11.8 Å². The molecule has 0 aromatic heterocycles. The second-order valence-corrected chi connectivity index (χ2v) is 5.87. The number of carboxylic acid groups (broad SMARTS) is 2. The molecule has 20 heavy (non-hydrogen) atoms. The maximum absolute atomic E-state index is 9.84. The molecule has 4 radical (unpaired) electrons. The van der Waals surface area contributed by atoms with Gasteiger partial charge in [-0.05, 0) is 36.2 Å².